The summed E-state index contributed by atoms with van der Waals surface area (Å²) in [4.78, 5) is 2.56. The number of rotatable bonds is 2. The highest BCUT2D eigenvalue weighted by molar-refractivity contribution is 5.85. The molecule has 0 unspecified atom stereocenters. The highest BCUT2D eigenvalue weighted by Crippen LogP contribution is 2.33. The Morgan fingerprint density at radius 3 is 3.00 bits per heavy atom. The zero-order valence-corrected chi connectivity index (χ0v) is 12.2. The van der Waals surface area contributed by atoms with E-state index >= 15 is 0 Å². The minimum atomic E-state index is 0. The molecular formula is C15H22ClNO2. The number of morpholine rings is 1. The van der Waals surface area contributed by atoms with Crippen molar-refractivity contribution in [1.29, 1.82) is 0 Å². The van der Waals surface area contributed by atoms with Crippen LogP contribution in [0.4, 0.5) is 0 Å². The number of phenolic OH excluding ortho intramolecular Hbond substituents is 1. The number of hydrogen-bond donors (Lipinski definition) is 1. The number of ether oxygens (including phenoxy) is 1. The van der Waals surface area contributed by atoms with Gasteiger partial charge in [-0.2, -0.15) is 0 Å². The van der Waals surface area contributed by atoms with E-state index in [1.807, 2.05) is 6.07 Å². The molecule has 2 atom stereocenters. The van der Waals surface area contributed by atoms with E-state index in [9.17, 15) is 5.11 Å². The molecule has 3 nitrogen and oxygen atoms in total. The zero-order chi connectivity index (χ0) is 12.5. The van der Waals surface area contributed by atoms with E-state index in [0.717, 1.165) is 38.1 Å². The lowest BCUT2D eigenvalue weighted by molar-refractivity contribution is -0.0741. The molecule has 1 aromatic carbocycles. The average Bonchev–Trinajstić information content (AvgIpc) is 2.38. The van der Waals surface area contributed by atoms with E-state index < -0.39 is 0 Å². The second-order valence-corrected chi connectivity index (χ2v) is 5.34. The first-order valence-electron chi connectivity index (χ1n) is 6.95. The molecule has 3 rings (SSSR count). The van der Waals surface area contributed by atoms with Crippen LogP contribution in [0.1, 0.15) is 24.5 Å². The first-order valence-corrected chi connectivity index (χ1v) is 6.95. The van der Waals surface area contributed by atoms with Crippen LogP contribution in [0.3, 0.4) is 0 Å². The maximum atomic E-state index is 9.95. The van der Waals surface area contributed by atoms with Crippen molar-refractivity contribution in [3.63, 3.8) is 0 Å². The van der Waals surface area contributed by atoms with Gasteiger partial charge >= 0.3 is 0 Å². The van der Waals surface area contributed by atoms with Gasteiger partial charge in [-0.25, -0.2) is 0 Å². The highest BCUT2D eigenvalue weighted by Gasteiger charge is 2.36. The summed E-state index contributed by atoms with van der Waals surface area (Å²) in [5.41, 5.74) is 2.39. The van der Waals surface area contributed by atoms with E-state index in [0.29, 0.717) is 11.8 Å². The van der Waals surface area contributed by atoms with Crippen molar-refractivity contribution in [1.82, 2.24) is 4.90 Å². The normalized spacial score (nSPS) is 26.2. The Bertz CT molecular complexity index is 436. The predicted molar refractivity (Wildman–Crippen MR) is 78.2 cm³/mol. The first-order chi connectivity index (χ1) is 8.79. The van der Waals surface area contributed by atoms with Crippen LogP contribution >= 0.6 is 12.4 Å². The molecule has 1 heterocycles. The van der Waals surface area contributed by atoms with Crippen molar-refractivity contribution in [2.45, 2.75) is 38.3 Å². The maximum absolute atomic E-state index is 9.95. The van der Waals surface area contributed by atoms with Gasteiger partial charge in [0.05, 0.1) is 12.7 Å². The number of hydrogen-bond acceptors (Lipinski definition) is 3. The summed E-state index contributed by atoms with van der Waals surface area (Å²) in [5.74, 6) is 0.433. The van der Waals surface area contributed by atoms with Crippen molar-refractivity contribution in [2.24, 2.45) is 0 Å². The molecule has 0 saturated carbocycles. The largest absolute Gasteiger partial charge is 0.508 e. The lowest BCUT2D eigenvalue weighted by Crippen LogP contribution is -2.55. The van der Waals surface area contributed by atoms with Crippen LogP contribution in [-0.4, -0.2) is 41.8 Å². The van der Waals surface area contributed by atoms with Crippen molar-refractivity contribution in [3.05, 3.63) is 29.3 Å². The number of phenols is 1. The van der Waals surface area contributed by atoms with Crippen LogP contribution in [0, 0.1) is 0 Å². The average molecular weight is 284 g/mol. The molecule has 0 bridgehead atoms. The Morgan fingerprint density at radius 2 is 2.21 bits per heavy atom. The summed E-state index contributed by atoms with van der Waals surface area (Å²) in [6, 6.07) is 6.37. The first kappa shape index (κ1) is 14.6. The summed E-state index contributed by atoms with van der Waals surface area (Å²) < 4.78 is 5.92. The topological polar surface area (TPSA) is 32.7 Å². The molecule has 1 saturated heterocycles. The number of aromatic hydroxyl groups is 1. The smallest absolute Gasteiger partial charge is 0.119 e. The summed E-state index contributed by atoms with van der Waals surface area (Å²) >= 11 is 0. The van der Waals surface area contributed by atoms with E-state index in [1.54, 1.807) is 6.07 Å². The van der Waals surface area contributed by atoms with Gasteiger partial charge in [0, 0.05) is 19.0 Å². The van der Waals surface area contributed by atoms with Gasteiger partial charge in [-0.1, -0.05) is 19.1 Å². The molecule has 0 aromatic heterocycles. The minimum absolute atomic E-state index is 0. The molecule has 1 N–H and O–H groups in total. The Kier molecular flexibility index (Phi) is 4.71. The van der Waals surface area contributed by atoms with Gasteiger partial charge < -0.3 is 9.84 Å². The van der Waals surface area contributed by atoms with Crippen LogP contribution in [0.25, 0.3) is 0 Å². The van der Waals surface area contributed by atoms with Crippen molar-refractivity contribution >= 4 is 12.4 Å². The van der Waals surface area contributed by atoms with Crippen LogP contribution in [-0.2, 0) is 17.6 Å². The van der Waals surface area contributed by atoms with Gasteiger partial charge in [-0.3, -0.25) is 4.90 Å². The second kappa shape index (κ2) is 6.12. The zero-order valence-electron chi connectivity index (χ0n) is 11.3. The van der Waals surface area contributed by atoms with Gasteiger partial charge in [0.15, 0.2) is 0 Å². The van der Waals surface area contributed by atoms with Crippen LogP contribution in [0.2, 0.25) is 0 Å². The van der Waals surface area contributed by atoms with Crippen LogP contribution in [0.15, 0.2) is 18.2 Å². The molecule has 2 aliphatic rings. The lowest BCUT2D eigenvalue weighted by Gasteiger charge is -2.44. The summed E-state index contributed by atoms with van der Waals surface area (Å²) in [6.07, 6.45) is 3.31. The standard InChI is InChI=1S/C15H21NO2.ClH/c1-2-6-16-7-8-18-15-10-12-11(9-13(15)16)4-3-5-14(12)17;/h3-5,13,15,17H,2,6-10H2,1H3;1H/t13-,15-;/m1./s1. The fraction of sp³-hybridized carbons (Fsp3) is 0.600. The number of halogens is 1. The Labute approximate surface area is 121 Å². The second-order valence-electron chi connectivity index (χ2n) is 5.34. The molecular weight excluding hydrogens is 262 g/mol. The van der Waals surface area contributed by atoms with E-state index in [4.69, 9.17) is 4.74 Å². The van der Waals surface area contributed by atoms with Gasteiger partial charge in [0.2, 0.25) is 0 Å². The van der Waals surface area contributed by atoms with E-state index in [-0.39, 0.29) is 18.5 Å². The van der Waals surface area contributed by atoms with Crippen LogP contribution in [0.5, 0.6) is 5.75 Å². The molecule has 0 amide bonds. The third-order valence-corrected chi connectivity index (χ3v) is 4.20. The SMILES string of the molecule is CCCN1CCO[C@@H]2Cc3c(O)cccc3C[C@H]21.Cl. The van der Waals surface area contributed by atoms with Crippen LogP contribution < -0.4 is 0 Å². The highest BCUT2D eigenvalue weighted by atomic mass is 35.5. The molecule has 106 valence electrons. The monoisotopic (exact) mass is 283 g/mol. The lowest BCUT2D eigenvalue weighted by atomic mass is 9.84. The summed E-state index contributed by atoms with van der Waals surface area (Å²) in [7, 11) is 0. The quantitative estimate of drug-likeness (QED) is 0.905. The Balaban J connectivity index is 0.00000133. The Morgan fingerprint density at radius 1 is 1.37 bits per heavy atom. The van der Waals surface area contributed by atoms with E-state index in [1.165, 1.54) is 12.0 Å². The molecule has 0 radical (unpaired) electrons. The summed E-state index contributed by atoms with van der Waals surface area (Å²) in [5, 5.41) is 9.95. The summed E-state index contributed by atoms with van der Waals surface area (Å²) in [6.45, 7) is 5.25. The van der Waals surface area contributed by atoms with E-state index in [2.05, 4.69) is 17.9 Å². The number of nitrogens with zero attached hydrogens (tertiary/aromatic N) is 1. The number of benzene rings is 1. The van der Waals surface area contributed by atoms with Gasteiger partial charge in [0.1, 0.15) is 5.75 Å². The van der Waals surface area contributed by atoms with Crippen molar-refractivity contribution in [3.8, 4) is 5.75 Å². The van der Waals surface area contributed by atoms with Gasteiger partial charge in [-0.15, -0.1) is 12.4 Å². The van der Waals surface area contributed by atoms with Crippen molar-refractivity contribution in [2.75, 3.05) is 19.7 Å². The fourth-order valence-electron chi connectivity index (χ4n) is 3.33. The third-order valence-electron chi connectivity index (χ3n) is 4.20. The molecule has 1 aliphatic carbocycles. The molecule has 0 spiro atoms. The third kappa shape index (κ3) is 2.73. The molecule has 4 heteroatoms. The maximum Gasteiger partial charge on any atom is 0.119 e. The van der Waals surface area contributed by atoms with Crippen molar-refractivity contribution < 1.29 is 9.84 Å². The number of fused-ring (bicyclic) bond motifs is 2. The predicted octanol–water partition coefficient (Wildman–Crippen LogP) is 2.39. The molecule has 19 heavy (non-hydrogen) atoms. The molecule has 1 fully saturated rings. The fourth-order valence-corrected chi connectivity index (χ4v) is 3.33. The Hall–Kier alpha value is -0.770. The van der Waals surface area contributed by atoms with Gasteiger partial charge in [-0.05, 0) is 36.6 Å². The molecule has 1 aliphatic heterocycles. The molecule has 1 aromatic rings. The minimum Gasteiger partial charge on any atom is -0.508 e. The van der Waals surface area contributed by atoms with Gasteiger partial charge in [0.25, 0.3) is 0 Å².